The molecule has 1 N–H and O–H groups in total. The van der Waals surface area contributed by atoms with Gasteiger partial charge in [-0.1, -0.05) is 51.1 Å². The number of aromatic nitrogens is 1. The largest absolute Gasteiger partial charge is 0.350 e. The number of anilines is 1. The van der Waals surface area contributed by atoms with Crippen LogP contribution in [0.4, 0.5) is 5.69 Å². The molecular formula is C20H22N2O. The number of benzene rings is 2. The summed E-state index contributed by atoms with van der Waals surface area (Å²) < 4.78 is 1.98. The van der Waals surface area contributed by atoms with Crippen molar-refractivity contribution < 1.29 is 4.79 Å². The molecule has 0 atom stereocenters. The van der Waals surface area contributed by atoms with Gasteiger partial charge in [-0.05, 0) is 29.2 Å². The van der Waals surface area contributed by atoms with Crippen molar-refractivity contribution in [1.82, 2.24) is 4.57 Å². The molecule has 0 aliphatic heterocycles. The first kappa shape index (κ1) is 15.3. The molecule has 3 nitrogen and oxygen atoms in total. The van der Waals surface area contributed by atoms with Gasteiger partial charge in [-0.2, -0.15) is 0 Å². The van der Waals surface area contributed by atoms with E-state index in [-0.39, 0.29) is 11.3 Å². The molecule has 0 unspecified atom stereocenters. The molecule has 0 bridgehead atoms. The van der Waals surface area contributed by atoms with E-state index in [9.17, 15) is 4.79 Å². The predicted octanol–water partition coefficient (Wildman–Crippen LogP) is 4.73. The van der Waals surface area contributed by atoms with E-state index in [1.54, 1.807) is 0 Å². The van der Waals surface area contributed by atoms with Gasteiger partial charge in [0.2, 0.25) is 0 Å². The van der Waals surface area contributed by atoms with E-state index in [0.29, 0.717) is 5.56 Å². The van der Waals surface area contributed by atoms with E-state index >= 15 is 0 Å². The summed E-state index contributed by atoms with van der Waals surface area (Å²) >= 11 is 0. The summed E-state index contributed by atoms with van der Waals surface area (Å²) in [6.45, 7) is 6.53. The van der Waals surface area contributed by atoms with Gasteiger partial charge in [-0.15, -0.1) is 0 Å². The van der Waals surface area contributed by atoms with Crippen LogP contribution in [0.3, 0.4) is 0 Å². The summed E-state index contributed by atoms with van der Waals surface area (Å²) in [6, 6.07) is 16.0. The second kappa shape index (κ2) is 5.58. The Morgan fingerprint density at radius 1 is 1.00 bits per heavy atom. The van der Waals surface area contributed by atoms with Crippen LogP contribution in [0.2, 0.25) is 0 Å². The molecule has 0 saturated carbocycles. The minimum absolute atomic E-state index is 0.0784. The normalized spacial score (nSPS) is 11.7. The number of nitrogens with zero attached hydrogens (tertiary/aromatic N) is 1. The van der Waals surface area contributed by atoms with Crippen LogP contribution >= 0.6 is 0 Å². The Bertz CT molecular complexity index is 851. The molecule has 23 heavy (non-hydrogen) atoms. The smallest absolute Gasteiger partial charge is 0.257 e. The van der Waals surface area contributed by atoms with Crippen LogP contribution in [0.5, 0.6) is 0 Å². The van der Waals surface area contributed by atoms with E-state index in [2.05, 4.69) is 38.2 Å². The number of fused-ring (bicyclic) bond motifs is 1. The Balaban J connectivity index is 1.86. The van der Waals surface area contributed by atoms with E-state index in [1.807, 2.05) is 54.2 Å². The fourth-order valence-electron chi connectivity index (χ4n) is 2.77. The number of amides is 1. The van der Waals surface area contributed by atoms with E-state index in [4.69, 9.17) is 0 Å². The quantitative estimate of drug-likeness (QED) is 0.730. The first-order chi connectivity index (χ1) is 10.9. The highest BCUT2D eigenvalue weighted by molar-refractivity contribution is 6.12. The van der Waals surface area contributed by atoms with Crippen LogP contribution in [-0.2, 0) is 12.5 Å². The maximum absolute atomic E-state index is 12.6. The second-order valence-electron chi connectivity index (χ2n) is 6.95. The standard InChI is InChI=1S/C20H22N2O/c1-20(2,3)14-9-11-15(12-10-14)21-19(23)17-13-22(4)18-8-6-5-7-16(17)18/h5-13H,1-4H3,(H,21,23). The maximum atomic E-state index is 12.6. The van der Waals surface area contributed by atoms with Gasteiger partial charge < -0.3 is 9.88 Å². The Morgan fingerprint density at radius 2 is 1.65 bits per heavy atom. The fourth-order valence-corrected chi connectivity index (χ4v) is 2.77. The average Bonchev–Trinajstić information content (AvgIpc) is 2.85. The van der Waals surface area contributed by atoms with Gasteiger partial charge in [0.15, 0.2) is 0 Å². The number of hydrogen-bond donors (Lipinski definition) is 1. The van der Waals surface area contributed by atoms with Gasteiger partial charge in [-0.3, -0.25) is 4.79 Å². The van der Waals surface area contributed by atoms with Crippen LogP contribution < -0.4 is 5.32 Å². The lowest BCUT2D eigenvalue weighted by molar-refractivity contribution is 0.102. The van der Waals surface area contributed by atoms with E-state index < -0.39 is 0 Å². The molecule has 0 spiro atoms. The van der Waals surface area contributed by atoms with Crippen LogP contribution in [0.1, 0.15) is 36.7 Å². The minimum Gasteiger partial charge on any atom is -0.350 e. The van der Waals surface area contributed by atoms with Crippen molar-refractivity contribution in [3.05, 3.63) is 65.9 Å². The molecule has 0 aliphatic carbocycles. The molecule has 0 aliphatic rings. The molecule has 1 amide bonds. The van der Waals surface area contributed by atoms with E-state index in [0.717, 1.165) is 16.6 Å². The number of rotatable bonds is 2. The van der Waals surface area contributed by atoms with Crippen molar-refractivity contribution in [3.8, 4) is 0 Å². The summed E-state index contributed by atoms with van der Waals surface area (Å²) in [7, 11) is 1.96. The number of para-hydroxylation sites is 1. The van der Waals surface area contributed by atoms with Crippen molar-refractivity contribution in [2.45, 2.75) is 26.2 Å². The summed E-state index contributed by atoms with van der Waals surface area (Å²) in [5.41, 5.74) is 3.93. The Kier molecular flexibility index (Phi) is 3.72. The molecule has 1 heterocycles. The Hall–Kier alpha value is -2.55. The molecule has 1 aromatic heterocycles. The van der Waals surface area contributed by atoms with Crippen molar-refractivity contribution >= 4 is 22.5 Å². The van der Waals surface area contributed by atoms with Gasteiger partial charge in [0.25, 0.3) is 5.91 Å². The number of carbonyl (C=O) groups is 1. The third-order valence-corrected chi connectivity index (χ3v) is 4.15. The minimum atomic E-state index is -0.0784. The van der Waals surface area contributed by atoms with Gasteiger partial charge in [0.05, 0.1) is 5.56 Å². The summed E-state index contributed by atoms with van der Waals surface area (Å²) in [5.74, 6) is -0.0784. The lowest BCUT2D eigenvalue weighted by Crippen LogP contribution is -2.13. The highest BCUT2D eigenvalue weighted by Crippen LogP contribution is 2.25. The second-order valence-corrected chi connectivity index (χ2v) is 6.95. The van der Waals surface area contributed by atoms with Crippen molar-refractivity contribution in [2.75, 3.05) is 5.32 Å². The zero-order chi connectivity index (χ0) is 16.6. The maximum Gasteiger partial charge on any atom is 0.257 e. The first-order valence-electron chi connectivity index (χ1n) is 7.82. The van der Waals surface area contributed by atoms with Crippen molar-refractivity contribution in [1.29, 1.82) is 0 Å². The Labute approximate surface area is 136 Å². The molecular weight excluding hydrogens is 284 g/mol. The van der Waals surface area contributed by atoms with Gasteiger partial charge in [-0.25, -0.2) is 0 Å². The SMILES string of the molecule is Cn1cc(C(=O)Nc2ccc(C(C)(C)C)cc2)c2ccccc21. The molecule has 118 valence electrons. The number of carbonyl (C=O) groups excluding carboxylic acids is 1. The van der Waals surface area contributed by atoms with E-state index in [1.165, 1.54) is 5.56 Å². The highest BCUT2D eigenvalue weighted by atomic mass is 16.1. The predicted molar refractivity (Wildman–Crippen MR) is 96.0 cm³/mol. The van der Waals surface area contributed by atoms with Crippen molar-refractivity contribution in [3.63, 3.8) is 0 Å². The Morgan fingerprint density at radius 3 is 2.30 bits per heavy atom. The van der Waals surface area contributed by atoms with Crippen molar-refractivity contribution in [2.24, 2.45) is 7.05 Å². The zero-order valence-corrected chi connectivity index (χ0v) is 14.1. The highest BCUT2D eigenvalue weighted by Gasteiger charge is 2.15. The monoisotopic (exact) mass is 306 g/mol. The molecule has 3 rings (SSSR count). The molecule has 0 radical (unpaired) electrons. The van der Waals surface area contributed by atoms with Crippen LogP contribution in [0, 0.1) is 0 Å². The molecule has 3 aromatic rings. The number of hydrogen-bond acceptors (Lipinski definition) is 1. The van der Waals surface area contributed by atoms with Gasteiger partial charge in [0, 0.05) is 29.8 Å². The molecule has 0 fully saturated rings. The van der Waals surface area contributed by atoms with Crippen LogP contribution in [0.15, 0.2) is 54.7 Å². The molecule has 2 aromatic carbocycles. The lowest BCUT2D eigenvalue weighted by atomic mass is 9.87. The number of nitrogens with one attached hydrogen (secondary N) is 1. The van der Waals surface area contributed by atoms with Crippen LogP contribution in [-0.4, -0.2) is 10.5 Å². The van der Waals surface area contributed by atoms with Crippen LogP contribution in [0.25, 0.3) is 10.9 Å². The molecule has 3 heteroatoms. The third kappa shape index (κ3) is 3.00. The van der Waals surface area contributed by atoms with Gasteiger partial charge in [0.1, 0.15) is 0 Å². The third-order valence-electron chi connectivity index (χ3n) is 4.15. The lowest BCUT2D eigenvalue weighted by Gasteiger charge is -2.19. The first-order valence-corrected chi connectivity index (χ1v) is 7.82. The molecule has 0 saturated heterocycles. The topological polar surface area (TPSA) is 34.0 Å². The summed E-state index contributed by atoms with van der Waals surface area (Å²) in [6.07, 6.45) is 1.88. The fraction of sp³-hybridized carbons (Fsp3) is 0.250. The summed E-state index contributed by atoms with van der Waals surface area (Å²) in [4.78, 5) is 12.6. The zero-order valence-electron chi connectivity index (χ0n) is 14.1. The van der Waals surface area contributed by atoms with Gasteiger partial charge >= 0.3 is 0 Å². The number of aryl methyl sites for hydroxylation is 1. The average molecular weight is 306 g/mol. The summed E-state index contributed by atoms with van der Waals surface area (Å²) in [5, 5.41) is 3.96.